The molecule has 0 bridgehead atoms. The molecule has 0 radical (unpaired) electrons. The highest BCUT2D eigenvalue weighted by molar-refractivity contribution is 5.91. The summed E-state index contributed by atoms with van der Waals surface area (Å²) in [7, 11) is 0. The van der Waals surface area contributed by atoms with E-state index in [0.717, 1.165) is 38.3 Å². The molecule has 0 saturated carbocycles. The van der Waals surface area contributed by atoms with Crippen molar-refractivity contribution in [3.63, 3.8) is 0 Å². The molecule has 30 heavy (non-hydrogen) atoms. The van der Waals surface area contributed by atoms with Crippen LogP contribution in [0.1, 0.15) is 37.3 Å². The van der Waals surface area contributed by atoms with Crippen molar-refractivity contribution in [1.82, 2.24) is 5.32 Å². The molecule has 1 saturated heterocycles. The van der Waals surface area contributed by atoms with Crippen LogP contribution in [-0.2, 0) is 17.8 Å². The molecule has 0 aromatic heterocycles. The van der Waals surface area contributed by atoms with Crippen LogP contribution in [0.3, 0.4) is 0 Å². The topological polar surface area (TPSA) is 44.4 Å². The number of hydrogen-bond donors (Lipinski definition) is 2. The molecule has 2 aliphatic heterocycles. The number of fused-ring (bicyclic) bond motifs is 1. The van der Waals surface area contributed by atoms with E-state index in [4.69, 9.17) is 0 Å². The van der Waals surface area contributed by atoms with Crippen LogP contribution < -0.4 is 15.5 Å². The molecule has 1 amide bonds. The smallest absolute Gasteiger partial charge is 0.224 e. The van der Waals surface area contributed by atoms with Gasteiger partial charge >= 0.3 is 0 Å². The van der Waals surface area contributed by atoms with Gasteiger partial charge in [-0.2, -0.15) is 0 Å². The van der Waals surface area contributed by atoms with E-state index >= 15 is 0 Å². The van der Waals surface area contributed by atoms with E-state index < -0.39 is 0 Å². The second kappa shape index (κ2) is 11.6. The number of nitrogens with zero attached hydrogens (tertiary/aromatic N) is 1. The van der Waals surface area contributed by atoms with Crippen molar-refractivity contribution in [3.8, 4) is 0 Å². The van der Waals surface area contributed by atoms with Gasteiger partial charge in [0.1, 0.15) is 0 Å². The summed E-state index contributed by atoms with van der Waals surface area (Å²) >= 11 is 0. The standard InChI is InChI=1S/C24H31N3O.2ClH/c1-18(20-9-6-13-25-16-20)15-24(28)26-22-10-4-2-8-21(22)17-27-14-12-19-7-3-5-11-23(19)27;;/h2-5,7-8,10-11,18,20,25H,6,9,12-17H2,1H3,(H,26,28);2*1H. The zero-order chi connectivity index (χ0) is 19.3. The molecule has 2 aromatic rings. The van der Waals surface area contributed by atoms with Gasteiger partial charge in [-0.3, -0.25) is 4.79 Å². The van der Waals surface area contributed by atoms with Crippen molar-refractivity contribution < 1.29 is 4.79 Å². The lowest BCUT2D eigenvalue weighted by Gasteiger charge is -2.28. The average molecular weight is 450 g/mol. The van der Waals surface area contributed by atoms with Gasteiger partial charge in [0, 0.05) is 30.9 Å². The number of rotatable bonds is 6. The quantitative estimate of drug-likeness (QED) is 0.647. The number of nitrogens with one attached hydrogen (secondary N) is 2. The molecule has 4 rings (SSSR count). The zero-order valence-corrected chi connectivity index (χ0v) is 19.2. The Labute approximate surface area is 192 Å². The van der Waals surface area contributed by atoms with Crippen LogP contribution in [0.15, 0.2) is 48.5 Å². The summed E-state index contributed by atoms with van der Waals surface area (Å²) in [5.41, 5.74) is 4.87. The van der Waals surface area contributed by atoms with Crippen molar-refractivity contribution in [3.05, 3.63) is 59.7 Å². The van der Waals surface area contributed by atoms with Crippen LogP contribution in [-0.4, -0.2) is 25.5 Å². The van der Waals surface area contributed by atoms with E-state index in [1.54, 1.807) is 0 Å². The third-order valence-electron chi connectivity index (χ3n) is 6.28. The fourth-order valence-electron chi connectivity index (χ4n) is 4.58. The number of anilines is 2. The molecule has 1 fully saturated rings. The molecule has 2 N–H and O–H groups in total. The van der Waals surface area contributed by atoms with E-state index in [1.807, 2.05) is 12.1 Å². The van der Waals surface area contributed by atoms with Crippen LogP contribution in [0.25, 0.3) is 0 Å². The molecule has 0 aliphatic carbocycles. The second-order valence-electron chi connectivity index (χ2n) is 8.29. The van der Waals surface area contributed by atoms with Gasteiger partial charge in [0.2, 0.25) is 5.91 Å². The number of piperidine rings is 1. The summed E-state index contributed by atoms with van der Waals surface area (Å²) in [5, 5.41) is 6.65. The lowest BCUT2D eigenvalue weighted by Crippen LogP contribution is -2.34. The third-order valence-corrected chi connectivity index (χ3v) is 6.28. The van der Waals surface area contributed by atoms with Crippen LogP contribution in [0.2, 0.25) is 0 Å². The fourth-order valence-corrected chi connectivity index (χ4v) is 4.58. The Balaban J connectivity index is 0.00000160. The molecule has 2 heterocycles. The largest absolute Gasteiger partial charge is 0.367 e. The summed E-state index contributed by atoms with van der Waals surface area (Å²) in [4.78, 5) is 15.1. The normalized spacial score (nSPS) is 18.6. The number of carbonyl (C=O) groups is 1. The van der Waals surface area contributed by atoms with E-state index in [0.29, 0.717) is 18.3 Å². The molecule has 4 nitrogen and oxygen atoms in total. The minimum Gasteiger partial charge on any atom is -0.367 e. The number of hydrogen-bond acceptors (Lipinski definition) is 3. The summed E-state index contributed by atoms with van der Waals surface area (Å²) in [6.45, 7) is 6.23. The highest BCUT2D eigenvalue weighted by Crippen LogP contribution is 2.30. The number of para-hydroxylation sites is 2. The maximum atomic E-state index is 12.7. The zero-order valence-electron chi connectivity index (χ0n) is 17.6. The summed E-state index contributed by atoms with van der Waals surface area (Å²) < 4.78 is 0. The summed E-state index contributed by atoms with van der Waals surface area (Å²) in [6, 6.07) is 16.8. The summed E-state index contributed by atoms with van der Waals surface area (Å²) in [6.07, 6.45) is 4.13. The van der Waals surface area contributed by atoms with E-state index in [2.05, 4.69) is 58.9 Å². The highest BCUT2D eigenvalue weighted by atomic mass is 35.5. The number of amides is 1. The Morgan fingerprint density at radius 3 is 2.73 bits per heavy atom. The Bertz CT molecular complexity index is 824. The predicted octanol–water partition coefficient (Wildman–Crippen LogP) is 5.06. The van der Waals surface area contributed by atoms with Crippen molar-refractivity contribution >= 4 is 42.1 Å². The Morgan fingerprint density at radius 2 is 1.93 bits per heavy atom. The van der Waals surface area contributed by atoms with Gasteiger partial charge in [0.15, 0.2) is 0 Å². The van der Waals surface area contributed by atoms with Crippen LogP contribution in [0.4, 0.5) is 11.4 Å². The lowest BCUT2D eigenvalue weighted by molar-refractivity contribution is -0.117. The molecule has 0 spiro atoms. The van der Waals surface area contributed by atoms with Gasteiger partial charge < -0.3 is 15.5 Å². The molecule has 2 aliphatic rings. The van der Waals surface area contributed by atoms with E-state index in [-0.39, 0.29) is 30.7 Å². The highest BCUT2D eigenvalue weighted by Gasteiger charge is 2.23. The first-order chi connectivity index (χ1) is 13.7. The molecule has 164 valence electrons. The van der Waals surface area contributed by atoms with Crippen LogP contribution in [0.5, 0.6) is 0 Å². The second-order valence-corrected chi connectivity index (χ2v) is 8.29. The average Bonchev–Trinajstić information content (AvgIpc) is 3.13. The first kappa shape index (κ1) is 24.5. The Morgan fingerprint density at radius 1 is 1.17 bits per heavy atom. The van der Waals surface area contributed by atoms with Crippen molar-refractivity contribution in [2.75, 3.05) is 29.9 Å². The van der Waals surface area contributed by atoms with Crippen molar-refractivity contribution in [1.29, 1.82) is 0 Å². The Hall–Kier alpha value is -1.75. The number of carbonyl (C=O) groups excluding carboxylic acids is 1. The molecular weight excluding hydrogens is 417 g/mol. The van der Waals surface area contributed by atoms with Crippen LogP contribution >= 0.6 is 24.8 Å². The maximum absolute atomic E-state index is 12.7. The fraction of sp³-hybridized carbons (Fsp3) is 0.458. The third kappa shape index (κ3) is 5.90. The minimum atomic E-state index is 0. The monoisotopic (exact) mass is 449 g/mol. The first-order valence-corrected chi connectivity index (χ1v) is 10.6. The number of benzene rings is 2. The van der Waals surface area contributed by atoms with E-state index in [1.165, 1.54) is 29.7 Å². The number of halogens is 2. The molecule has 6 heteroatoms. The van der Waals surface area contributed by atoms with Gasteiger partial charge in [-0.25, -0.2) is 0 Å². The molecule has 2 aromatic carbocycles. The first-order valence-electron chi connectivity index (χ1n) is 10.6. The molecule has 2 unspecified atom stereocenters. The van der Waals surface area contributed by atoms with Crippen molar-refractivity contribution in [2.24, 2.45) is 11.8 Å². The SMILES string of the molecule is CC(CC(=O)Nc1ccccc1CN1CCc2ccccc21)C1CCCNC1.Cl.Cl. The summed E-state index contributed by atoms with van der Waals surface area (Å²) in [5.74, 6) is 1.15. The van der Waals surface area contributed by atoms with Gasteiger partial charge in [-0.1, -0.05) is 43.3 Å². The van der Waals surface area contributed by atoms with Gasteiger partial charge in [0.25, 0.3) is 0 Å². The molecule has 2 atom stereocenters. The molecular formula is C24H33Cl2N3O. The Kier molecular flexibility index (Phi) is 9.47. The predicted molar refractivity (Wildman–Crippen MR) is 130 cm³/mol. The maximum Gasteiger partial charge on any atom is 0.224 e. The van der Waals surface area contributed by atoms with Crippen molar-refractivity contribution in [2.45, 2.75) is 39.2 Å². The van der Waals surface area contributed by atoms with Gasteiger partial charge in [-0.05, 0) is 67.4 Å². The lowest BCUT2D eigenvalue weighted by atomic mass is 9.85. The minimum absolute atomic E-state index is 0. The van der Waals surface area contributed by atoms with Crippen LogP contribution in [0, 0.1) is 11.8 Å². The van der Waals surface area contributed by atoms with E-state index in [9.17, 15) is 4.79 Å². The van der Waals surface area contributed by atoms with Gasteiger partial charge in [-0.15, -0.1) is 24.8 Å². The van der Waals surface area contributed by atoms with Gasteiger partial charge in [0.05, 0.1) is 0 Å².